The van der Waals surface area contributed by atoms with Crippen LogP contribution >= 0.6 is 0 Å². The molecule has 0 bridgehead atoms. The maximum atomic E-state index is 10.1. The van der Waals surface area contributed by atoms with Crippen molar-refractivity contribution in [2.24, 2.45) is 11.5 Å². The normalized spacial score (nSPS) is 10.8. The fraction of sp³-hybridized carbons (Fsp3) is 0.833. The van der Waals surface area contributed by atoms with Gasteiger partial charge in [-0.25, -0.2) is 0 Å². The Balaban J connectivity index is -0.000000405. The molecule has 77 valence electrons. The average Bonchev–Trinajstić information content (AvgIpc) is 1.88. The van der Waals surface area contributed by atoms with Crippen molar-refractivity contribution in [3.63, 3.8) is 0 Å². The quantitative estimate of drug-likeness (QED) is 0.460. The predicted octanol–water partition coefficient (Wildman–Crippen LogP) is -0.478. The fourth-order valence-electron chi connectivity index (χ4n) is 0.632. The van der Waals surface area contributed by atoms with E-state index in [9.17, 15) is 4.79 Å². The Labute approximate surface area is 93.1 Å². The van der Waals surface area contributed by atoms with Crippen LogP contribution in [-0.2, 0) is 38.6 Å². The van der Waals surface area contributed by atoms with Crippen LogP contribution < -0.4 is 11.5 Å². The van der Waals surface area contributed by atoms with Gasteiger partial charge in [0.1, 0.15) is 6.04 Å². The van der Waals surface area contributed by atoms with Crippen molar-refractivity contribution in [1.29, 1.82) is 0 Å². The molecule has 6 heteroatoms. The zero-order valence-electron chi connectivity index (χ0n) is 6.60. The van der Waals surface area contributed by atoms with Crippen molar-refractivity contribution in [1.82, 2.24) is 0 Å². The first-order chi connectivity index (χ1) is 4.68. The summed E-state index contributed by atoms with van der Waals surface area (Å²) in [5.41, 5.74) is 10.4. The average molecular weight is 261 g/mol. The minimum atomic E-state index is -0.933. The molecule has 0 fully saturated rings. The summed E-state index contributed by atoms with van der Waals surface area (Å²) in [5, 5.41) is 8.33. The zero-order chi connectivity index (χ0) is 7.98. The summed E-state index contributed by atoms with van der Waals surface area (Å²) in [4.78, 5) is 10.1. The van der Waals surface area contributed by atoms with Gasteiger partial charge in [-0.05, 0) is 19.4 Å². The first-order valence-corrected chi connectivity index (χ1v) is 3.37. The third-order valence-corrected chi connectivity index (χ3v) is 1.29. The van der Waals surface area contributed by atoms with Crippen molar-refractivity contribution >= 4 is 5.97 Å². The second-order valence-corrected chi connectivity index (χ2v) is 2.23. The molecule has 0 spiro atoms. The Bertz CT molecular complexity index is 116. The summed E-state index contributed by atoms with van der Waals surface area (Å²) >= 11 is 0. The number of carboxylic acid groups (broad SMARTS) is 1. The molecule has 1 atom stereocenters. The largest absolute Gasteiger partial charge is 0.480 e. The van der Waals surface area contributed by atoms with E-state index in [0.29, 0.717) is 13.0 Å². The number of carboxylic acids is 1. The van der Waals surface area contributed by atoms with Gasteiger partial charge in [0.05, 0.1) is 0 Å². The van der Waals surface area contributed by atoms with E-state index in [2.05, 4.69) is 0 Å². The van der Waals surface area contributed by atoms with Crippen LogP contribution in [0.5, 0.6) is 0 Å². The molecule has 0 heterocycles. The number of hydrogen-bond donors (Lipinski definition) is 3. The van der Waals surface area contributed by atoms with Crippen LogP contribution in [0.4, 0.5) is 0 Å². The van der Waals surface area contributed by atoms with Crippen LogP contribution in [0.1, 0.15) is 19.3 Å². The monoisotopic (exact) mass is 261 g/mol. The maximum Gasteiger partial charge on any atom is 0.320 e. The third-order valence-electron chi connectivity index (χ3n) is 1.29. The van der Waals surface area contributed by atoms with Crippen LogP contribution in [0.15, 0.2) is 0 Å². The van der Waals surface area contributed by atoms with Crippen molar-refractivity contribution in [2.45, 2.75) is 25.3 Å². The number of unbranched alkanes of at least 4 members (excludes halogenated alkanes) is 1. The Kier molecular flexibility index (Phi) is 17.4. The predicted molar refractivity (Wildman–Crippen MR) is 38.5 cm³/mol. The summed E-state index contributed by atoms with van der Waals surface area (Å²) in [6, 6.07) is -0.716. The Morgan fingerprint density at radius 3 is 2.25 bits per heavy atom. The van der Waals surface area contributed by atoms with Gasteiger partial charge in [-0.15, -0.1) is 0 Å². The summed E-state index contributed by atoms with van der Waals surface area (Å²) in [6.07, 6.45) is 2.16. The molecule has 0 aliphatic carbocycles. The number of rotatable bonds is 5. The van der Waals surface area contributed by atoms with Crippen molar-refractivity contribution in [3.05, 3.63) is 0 Å². The van der Waals surface area contributed by atoms with Crippen LogP contribution in [0.25, 0.3) is 0 Å². The van der Waals surface area contributed by atoms with Crippen molar-refractivity contribution < 1.29 is 43.7 Å². The molecule has 0 amide bonds. The fourth-order valence-corrected chi connectivity index (χ4v) is 0.632. The molecule has 0 saturated heterocycles. The molecule has 0 aromatic carbocycles. The van der Waals surface area contributed by atoms with E-state index in [0.717, 1.165) is 12.8 Å². The van der Waals surface area contributed by atoms with Gasteiger partial charge in [-0.2, -0.15) is 0 Å². The van der Waals surface area contributed by atoms with Gasteiger partial charge in [0.15, 0.2) is 0 Å². The zero-order valence-corrected chi connectivity index (χ0v) is 8.75. The molecular weight excluding hydrogens is 247 g/mol. The molecule has 0 aliphatic rings. The minimum Gasteiger partial charge on any atom is -0.480 e. The Hall–Kier alpha value is 0.416. The second kappa shape index (κ2) is 11.4. The number of nitrogens with two attached hydrogens (primary N) is 2. The van der Waals surface area contributed by atoms with Gasteiger partial charge in [0.25, 0.3) is 0 Å². The third kappa shape index (κ3) is 10.4. The van der Waals surface area contributed by atoms with E-state index in [1.165, 1.54) is 0 Å². The standard InChI is InChI=1S/C6H14N2O2.Co.Fe/c7-4-2-1-3-5(8)6(9)10;;/h5H,1-4,7-8H2,(H,9,10);;. The molecule has 0 rings (SSSR count). The first-order valence-electron chi connectivity index (χ1n) is 3.37. The van der Waals surface area contributed by atoms with Crippen LogP contribution in [0.3, 0.4) is 0 Å². The molecule has 0 saturated carbocycles. The van der Waals surface area contributed by atoms with Crippen molar-refractivity contribution in [2.75, 3.05) is 6.54 Å². The Morgan fingerprint density at radius 2 is 1.92 bits per heavy atom. The van der Waals surface area contributed by atoms with Gasteiger partial charge in [-0.1, -0.05) is 6.42 Å². The van der Waals surface area contributed by atoms with Gasteiger partial charge >= 0.3 is 5.97 Å². The molecule has 5 N–H and O–H groups in total. The number of hydrogen-bond acceptors (Lipinski definition) is 3. The topological polar surface area (TPSA) is 89.3 Å². The van der Waals surface area contributed by atoms with Gasteiger partial charge in [-0.3, -0.25) is 4.79 Å². The van der Waals surface area contributed by atoms with E-state index in [4.69, 9.17) is 16.6 Å². The van der Waals surface area contributed by atoms with Gasteiger partial charge in [0.2, 0.25) is 0 Å². The summed E-state index contributed by atoms with van der Waals surface area (Å²) in [7, 11) is 0. The molecule has 12 heavy (non-hydrogen) atoms. The van der Waals surface area contributed by atoms with E-state index < -0.39 is 12.0 Å². The maximum absolute atomic E-state index is 10.1. The second-order valence-electron chi connectivity index (χ2n) is 2.23. The molecule has 0 aliphatic heterocycles. The van der Waals surface area contributed by atoms with Crippen LogP contribution in [0, 0.1) is 0 Å². The van der Waals surface area contributed by atoms with E-state index in [1.807, 2.05) is 0 Å². The summed E-state index contributed by atoms with van der Waals surface area (Å²) < 4.78 is 0. The van der Waals surface area contributed by atoms with Crippen LogP contribution in [-0.4, -0.2) is 23.7 Å². The SMILES string of the molecule is NCCCCC(N)C(=O)O.[Co].[Fe]. The first kappa shape index (κ1) is 18.3. The molecule has 1 radical (unpaired) electrons. The molecule has 1 unspecified atom stereocenters. The van der Waals surface area contributed by atoms with Gasteiger partial charge < -0.3 is 16.6 Å². The van der Waals surface area contributed by atoms with Crippen LogP contribution in [0.2, 0.25) is 0 Å². The van der Waals surface area contributed by atoms with E-state index >= 15 is 0 Å². The molecule has 0 aromatic rings. The Morgan fingerprint density at radius 1 is 1.42 bits per heavy atom. The smallest absolute Gasteiger partial charge is 0.320 e. The molecule has 4 nitrogen and oxygen atoms in total. The minimum absolute atomic E-state index is 0. The number of carbonyl (C=O) groups is 1. The number of aliphatic carboxylic acids is 1. The van der Waals surface area contributed by atoms with Crippen molar-refractivity contribution in [3.8, 4) is 0 Å². The summed E-state index contributed by atoms with van der Waals surface area (Å²) in [6.45, 7) is 0.604. The molecular formula is C6H14CoFeN2O2. The van der Waals surface area contributed by atoms with E-state index in [-0.39, 0.29) is 33.8 Å². The van der Waals surface area contributed by atoms with E-state index in [1.54, 1.807) is 0 Å². The van der Waals surface area contributed by atoms with Gasteiger partial charge in [0, 0.05) is 33.8 Å². The summed E-state index contributed by atoms with van der Waals surface area (Å²) in [5.74, 6) is -0.933. The molecule has 0 aromatic heterocycles.